The minimum absolute atomic E-state index is 0.0233. The van der Waals surface area contributed by atoms with Crippen molar-refractivity contribution in [3.63, 3.8) is 0 Å². The molecule has 1 aliphatic carbocycles. The lowest BCUT2D eigenvalue weighted by atomic mass is 9.93. The fourth-order valence-corrected chi connectivity index (χ4v) is 3.59. The second-order valence-corrected chi connectivity index (χ2v) is 6.89. The Hall–Kier alpha value is -2.44. The molecule has 132 valence electrons. The molecule has 7 heteroatoms. The molecule has 25 heavy (non-hydrogen) atoms. The standard InChI is InChI=1S/C18H23N5O2/c24-18(23-11-15(12-23)13-5-8-19-9-6-13)20-10-7-16-21-17(25-22-16)14-3-1-2-4-14/h5-6,8-9,14-15H,1-4,7,10-12H2,(H,20,24). The van der Waals surface area contributed by atoms with E-state index < -0.39 is 0 Å². The smallest absolute Gasteiger partial charge is 0.317 e. The van der Waals surface area contributed by atoms with Gasteiger partial charge in [0, 0.05) is 50.3 Å². The zero-order valence-corrected chi connectivity index (χ0v) is 14.2. The first-order valence-electron chi connectivity index (χ1n) is 9.05. The van der Waals surface area contributed by atoms with E-state index in [1.807, 2.05) is 17.0 Å². The van der Waals surface area contributed by atoms with Crippen molar-refractivity contribution in [2.75, 3.05) is 19.6 Å². The minimum atomic E-state index is -0.0233. The molecule has 0 spiro atoms. The summed E-state index contributed by atoms with van der Waals surface area (Å²) in [5.74, 6) is 2.30. The predicted octanol–water partition coefficient (Wildman–Crippen LogP) is 2.47. The molecule has 0 atom stereocenters. The number of hydrogen-bond donors (Lipinski definition) is 1. The predicted molar refractivity (Wildman–Crippen MR) is 91.2 cm³/mol. The zero-order valence-electron chi connectivity index (χ0n) is 14.2. The first-order chi connectivity index (χ1) is 12.3. The zero-order chi connectivity index (χ0) is 17.1. The molecular weight excluding hydrogens is 318 g/mol. The highest BCUT2D eigenvalue weighted by atomic mass is 16.5. The van der Waals surface area contributed by atoms with Gasteiger partial charge in [-0.25, -0.2) is 4.79 Å². The Kier molecular flexibility index (Phi) is 4.63. The van der Waals surface area contributed by atoms with Gasteiger partial charge in [0.05, 0.1) is 0 Å². The van der Waals surface area contributed by atoms with Gasteiger partial charge in [-0.3, -0.25) is 4.98 Å². The van der Waals surface area contributed by atoms with E-state index in [2.05, 4.69) is 20.4 Å². The van der Waals surface area contributed by atoms with Gasteiger partial charge in [0.25, 0.3) is 0 Å². The van der Waals surface area contributed by atoms with Crippen molar-refractivity contribution >= 4 is 6.03 Å². The molecule has 7 nitrogen and oxygen atoms in total. The molecule has 3 heterocycles. The molecular formula is C18H23N5O2. The number of nitrogens with zero attached hydrogens (tertiary/aromatic N) is 4. The topological polar surface area (TPSA) is 84.2 Å². The van der Waals surface area contributed by atoms with Crippen molar-refractivity contribution in [2.45, 2.75) is 43.9 Å². The lowest BCUT2D eigenvalue weighted by Crippen LogP contribution is -2.52. The van der Waals surface area contributed by atoms with Gasteiger partial charge >= 0.3 is 6.03 Å². The van der Waals surface area contributed by atoms with Crippen LogP contribution in [0.5, 0.6) is 0 Å². The summed E-state index contributed by atoms with van der Waals surface area (Å²) < 4.78 is 5.36. The second kappa shape index (κ2) is 7.21. The number of hydrogen-bond acceptors (Lipinski definition) is 5. The van der Waals surface area contributed by atoms with E-state index in [0.29, 0.717) is 30.6 Å². The number of urea groups is 1. The van der Waals surface area contributed by atoms with E-state index in [9.17, 15) is 4.79 Å². The molecule has 2 fully saturated rings. The van der Waals surface area contributed by atoms with Crippen molar-refractivity contribution in [1.29, 1.82) is 0 Å². The van der Waals surface area contributed by atoms with Crippen molar-refractivity contribution in [3.05, 3.63) is 41.8 Å². The molecule has 0 aromatic carbocycles. The largest absolute Gasteiger partial charge is 0.339 e. The quantitative estimate of drug-likeness (QED) is 0.903. The molecule has 0 unspecified atom stereocenters. The molecule has 0 bridgehead atoms. The molecule has 2 aromatic rings. The third kappa shape index (κ3) is 3.65. The van der Waals surface area contributed by atoms with Crippen LogP contribution in [-0.4, -0.2) is 45.7 Å². The number of likely N-dealkylation sites (tertiary alicyclic amines) is 1. The summed E-state index contributed by atoms with van der Waals surface area (Å²) in [4.78, 5) is 22.5. The van der Waals surface area contributed by atoms with Gasteiger partial charge in [0.2, 0.25) is 5.89 Å². The second-order valence-electron chi connectivity index (χ2n) is 6.89. The maximum atomic E-state index is 12.1. The number of rotatable bonds is 5. The Labute approximate surface area is 146 Å². The Bertz CT molecular complexity index is 705. The van der Waals surface area contributed by atoms with Crippen LogP contribution in [0.25, 0.3) is 0 Å². The molecule has 1 saturated carbocycles. The molecule has 1 N–H and O–H groups in total. The highest BCUT2D eigenvalue weighted by molar-refractivity contribution is 5.75. The van der Waals surface area contributed by atoms with Gasteiger partial charge in [0.1, 0.15) is 0 Å². The Morgan fingerprint density at radius 1 is 1.20 bits per heavy atom. The van der Waals surface area contributed by atoms with Crippen molar-refractivity contribution in [2.24, 2.45) is 0 Å². The molecule has 0 radical (unpaired) electrons. The number of nitrogens with one attached hydrogen (secondary N) is 1. The van der Waals surface area contributed by atoms with E-state index in [4.69, 9.17) is 4.52 Å². The molecule has 1 saturated heterocycles. The van der Waals surface area contributed by atoms with Crippen LogP contribution in [0.2, 0.25) is 0 Å². The molecule has 2 amide bonds. The summed E-state index contributed by atoms with van der Waals surface area (Å²) in [6.45, 7) is 2.03. The number of pyridine rings is 1. The Balaban J connectivity index is 1.19. The summed E-state index contributed by atoms with van der Waals surface area (Å²) in [5, 5.41) is 6.97. The van der Waals surface area contributed by atoms with Gasteiger partial charge < -0.3 is 14.7 Å². The molecule has 4 rings (SSSR count). The number of amides is 2. The van der Waals surface area contributed by atoms with Crippen LogP contribution >= 0.6 is 0 Å². The van der Waals surface area contributed by atoms with Crippen LogP contribution in [0, 0.1) is 0 Å². The SMILES string of the molecule is O=C(NCCc1noc(C2CCCC2)n1)N1CC(c2ccncc2)C1. The summed E-state index contributed by atoms with van der Waals surface area (Å²) in [6.07, 6.45) is 8.97. The summed E-state index contributed by atoms with van der Waals surface area (Å²) >= 11 is 0. The van der Waals surface area contributed by atoms with Crippen LogP contribution in [0.1, 0.15) is 54.8 Å². The highest BCUT2D eigenvalue weighted by Gasteiger charge is 2.31. The first-order valence-corrected chi connectivity index (χ1v) is 9.05. The normalized spacial score (nSPS) is 18.3. The highest BCUT2D eigenvalue weighted by Crippen LogP contribution is 2.32. The van der Waals surface area contributed by atoms with E-state index >= 15 is 0 Å². The van der Waals surface area contributed by atoms with E-state index in [1.54, 1.807) is 12.4 Å². The van der Waals surface area contributed by atoms with Crippen molar-refractivity contribution in [3.8, 4) is 0 Å². The van der Waals surface area contributed by atoms with Gasteiger partial charge in [-0.15, -0.1) is 0 Å². The molecule has 2 aromatic heterocycles. The Morgan fingerprint density at radius 3 is 2.72 bits per heavy atom. The molecule has 2 aliphatic rings. The summed E-state index contributed by atoms with van der Waals surface area (Å²) in [7, 11) is 0. The lowest BCUT2D eigenvalue weighted by Gasteiger charge is -2.39. The lowest BCUT2D eigenvalue weighted by molar-refractivity contribution is 0.151. The van der Waals surface area contributed by atoms with Crippen molar-refractivity contribution in [1.82, 2.24) is 25.3 Å². The fourth-order valence-electron chi connectivity index (χ4n) is 3.59. The van der Waals surface area contributed by atoms with Gasteiger partial charge in [-0.2, -0.15) is 4.98 Å². The average Bonchev–Trinajstić information content (AvgIpc) is 3.26. The van der Waals surface area contributed by atoms with Gasteiger partial charge in [0.15, 0.2) is 5.82 Å². The third-order valence-corrected chi connectivity index (χ3v) is 5.16. The van der Waals surface area contributed by atoms with Crippen molar-refractivity contribution < 1.29 is 9.32 Å². The first kappa shape index (κ1) is 16.1. The van der Waals surface area contributed by atoms with Gasteiger partial charge in [-0.05, 0) is 30.5 Å². The van der Waals surface area contributed by atoms with Crippen LogP contribution in [0.3, 0.4) is 0 Å². The third-order valence-electron chi connectivity index (χ3n) is 5.16. The van der Waals surface area contributed by atoms with Crippen LogP contribution < -0.4 is 5.32 Å². The number of aromatic nitrogens is 3. The van der Waals surface area contributed by atoms with Crippen LogP contribution in [0.4, 0.5) is 4.79 Å². The average molecular weight is 341 g/mol. The van der Waals surface area contributed by atoms with Crippen LogP contribution in [-0.2, 0) is 6.42 Å². The minimum Gasteiger partial charge on any atom is -0.339 e. The summed E-state index contributed by atoms with van der Waals surface area (Å²) in [5.41, 5.74) is 1.24. The Morgan fingerprint density at radius 2 is 1.96 bits per heavy atom. The van der Waals surface area contributed by atoms with E-state index in [0.717, 1.165) is 31.8 Å². The summed E-state index contributed by atoms with van der Waals surface area (Å²) in [6, 6.07) is 4.00. The maximum absolute atomic E-state index is 12.1. The molecule has 1 aliphatic heterocycles. The monoisotopic (exact) mass is 341 g/mol. The van der Waals surface area contributed by atoms with Gasteiger partial charge in [-0.1, -0.05) is 18.0 Å². The number of carbonyl (C=O) groups excluding carboxylic acids is 1. The maximum Gasteiger partial charge on any atom is 0.317 e. The fraction of sp³-hybridized carbons (Fsp3) is 0.556. The number of carbonyl (C=O) groups is 1. The van der Waals surface area contributed by atoms with Crippen LogP contribution in [0.15, 0.2) is 29.0 Å². The van der Waals surface area contributed by atoms with E-state index in [-0.39, 0.29) is 6.03 Å². The van der Waals surface area contributed by atoms with E-state index in [1.165, 1.54) is 18.4 Å².